The monoisotopic (exact) mass is 699 g/mol. The van der Waals surface area contributed by atoms with Gasteiger partial charge in [0.05, 0.1) is 45.6 Å². The first-order chi connectivity index (χ1) is 21.9. The molecule has 6 aromatic rings. The van der Waals surface area contributed by atoms with Crippen LogP contribution in [-0.2, 0) is 16.8 Å². The Labute approximate surface area is 274 Å². The Morgan fingerprint density at radius 1 is 0.298 bits per heavy atom. The molecule has 6 heterocycles. The molecule has 0 fully saturated rings. The summed E-state index contributed by atoms with van der Waals surface area (Å²) >= 11 is 0. The van der Waals surface area contributed by atoms with Gasteiger partial charge in [-0.3, -0.25) is 19.9 Å². The van der Waals surface area contributed by atoms with Crippen LogP contribution in [0.2, 0.25) is 0 Å². The molecular weight excluding hydrogens is 677 g/mol. The average molecular weight is 699 g/mol. The average Bonchev–Trinajstić information content (AvgIpc) is 3.05. The van der Waals surface area contributed by atoms with E-state index in [4.69, 9.17) is 0 Å². The van der Waals surface area contributed by atoms with E-state index >= 15 is 0 Å². The number of hydrogen-bond donors (Lipinski definition) is 0. The summed E-state index contributed by atoms with van der Waals surface area (Å²) in [5.74, 6) is 0. The van der Waals surface area contributed by atoms with Gasteiger partial charge in [-0.15, -0.1) is 0 Å². The van der Waals surface area contributed by atoms with Gasteiger partial charge in [-0.2, -0.15) is 0 Å². The molecular formula is C30H22B2CoF8N6. The predicted molar refractivity (Wildman–Crippen MR) is 162 cm³/mol. The largest absolute Gasteiger partial charge is 2.00 e. The van der Waals surface area contributed by atoms with Crippen LogP contribution in [0.4, 0.5) is 34.5 Å². The fourth-order valence-electron chi connectivity index (χ4n) is 3.50. The Morgan fingerprint density at radius 2 is 0.489 bits per heavy atom. The van der Waals surface area contributed by atoms with Crippen LogP contribution in [0.25, 0.3) is 45.6 Å². The number of nitrogens with zero attached hydrogens (tertiary/aromatic N) is 6. The molecule has 0 saturated carbocycles. The number of rotatable bonds is 4. The minimum atomic E-state index is -6.00. The summed E-state index contributed by atoms with van der Waals surface area (Å²) in [4.78, 5) is 26.4. The third-order valence-corrected chi connectivity index (χ3v) is 5.21. The molecule has 6 rings (SSSR count). The Morgan fingerprint density at radius 3 is 0.660 bits per heavy atom. The Bertz CT molecular complexity index is 1490. The van der Waals surface area contributed by atoms with Crippen LogP contribution in [0.5, 0.6) is 0 Å². The Hall–Kier alpha value is -5.02. The number of pyridine rings is 6. The third-order valence-electron chi connectivity index (χ3n) is 5.21. The maximum atomic E-state index is 9.75. The molecule has 0 N–H and O–H groups in total. The van der Waals surface area contributed by atoms with Crippen molar-refractivity contribution in [2.45, 2.75) is 0 Å². The van der Waals surface area contributed by atoms with E-state index in [1.165, 1.54) is 0 Å². The molecule has 0 bridgehead atoms. The number of hydrogen-bond acceptors (Lipinski definition) is 6. The normalized spacial score (nSPS) is 10.4. The minimum absolute atomic E-state index is 0. The van der Waals surface area contributed by atoms with Gasteiger partial charge in [0.25, 0.3) is 0 Å². The fraction of sp³-hybridized carbons (Fsp3) is 0. The topological polar surface area (TPSA) is 77.3 Å². The second kappa shape index (κ2) is 18.8. The Kier molecular flexibility index (Phi) is 15.3. The molecule has 0 atom stereocenters. The second-order valence-corrected chi connectivity index (χ2v) is 8.67. The molecule has 0 saturated heterocycles. The van der Waals surface area contributed by atoms with Gasteiger partial charge in [-0.05, 0) is 72.8 Å². The zero-order valence-electron chi connectivity index (χ0n) is 23.9. The van der Waals surface area contributed by atoms with E-state index < -0.39 is 14.5 Å². The van der Waals surface area contributed by atoms with Crippen molar-refractivity contribution in [3.8, 4) is 45.6 Å². The van der Waals surface area contributed by atoms with Crippen molar-refractivity contribution < 1.29 is 51.3 Å². The van der Waals surface area contributed by atoms with Crippen LogP contribution >= 0.6 is 0 Å². The SMILES string of the molecule is F[B-](F)(F)F.F[B-](F)(F)F.[Co+2].c1ccc(-c2cccc(-c3ccccn3)n2)nc1.c1ccc(-c2cccc(-c3ccccn3)n2)nc1. The molecule has 243 valence electrons. The quantitative estimate of drug-likeness (QED) is 0.135. The molecule has 6 aromatic heterocycles. The van der Waals surface area contributed by atoms with E-state index in [-0.39, 0.29) is 16.8 Å². The first-order valence-corrected chi connectivity index (χ1v) is 13.2. The molecule has 0 unspecified atom stereocenters. The summed E-state index contributed by atoms with van der Waals surface area (Å²) in [5, 5.41) is 0. The molecule has 0 aliphatic heterocycles. The van der Waals surface area contributed by atoms with Crippen LogP contribution in [0.3, 0.4) is 0 Å². The van der Waals surface area contributed by atoms with E-state index in [1.54, 1.807) is 24.8 Å². The van der Waals surface area contributed by atoms with Gasteiger partial charge < -0.3 is 34.5 Å². The van der Waals surface area contributed by atoms with E-state index in [1.807, 2.05) is 109 Å². The summed E-state index contributed by atoms with van der Waals surface area (Å²) in [6, 6.07) is 35.0. The first kappa shape index (κ1) is 38.2. The van der Waals surface area contributed by atoms with Crippen LogP contribution in [0.1, 0.15) is 0 Å². The van der Waals surface area contributed by atoms with Crippen molar-refractivity contribution >= 4 is 14.5 Å². The van der Waals surface area contributed by atoms with Crippen LogP contribution in [0, 0.1) is 0 Å². The van der Waals surface area contributed by atoms with Gasteiger partial charge in [0.2, 0.25) is 0 Å². The molecule has 6 nitrogen and oxygen atoms in total. The fourth-order valence-corrected chi connectivity index (χ4v) is 3.50. The second-order valence-electron chi connectivity index (χ2n) is 8.67. The summed E-state index contributed by atoms with van der Waals surface area (Å²) in [6.07, 6.45) is 7.07. The summed E-state index contributed by atoms with van der Waals surface area (Å²) < 4.78 is 78.0. The van der Waals surface area contributed by atoms with E-state index in [0.717, 1.165) is 45.6 Å². The molecule has 0 aliphatic rings. The maximum Gasteiger partial charge on any atom is 2.00 e. The van der Waals surface area contributed by atoms with Crippen molar-refractivity contribution in [2.75, 3.05) is 0 Å². The van der Waals surface area contributed by atoms with Gasteiger partial charge in [-0.1, -0.05) is 36.4 Å². The molecule has 17 heteroatoms. The van der Waals surface area contributed by atoms with Gasteiger partial charge in [-0.25, -0.2) is 9.97 Å². The molecule has 0 aromatic carbocycles. The molecule has 0 aliphatic carbocycles. The smallest absolute Gasteiger partial charge is 0.418 e. The summed E-state index contributed by atoms with van der Waals surface area (Å²) in [7, 11) is -12.0. The zero-order chi connectivity index (χ0) is 33.4. The maximum absolute atomic E-state index is 9.75. The third kappa shape index (κ3) is 15.7. The molecule has 0 amide bonds. The van der Waals surface area contributed by atoms with Crippen molar-refractivity contribution in [3.63, 3.8) is 0 Å². The van der Waals surface area contributed by atoms with E-state index in [0.29, 0.717) is 0 Å². The first-order valence-electron chi connectivity index (χ1n) is 13.2. The minimum Gasteiger partial charge on any atom is -0.418 e. The van der Waals surface area contributed by atoms with Gasteiger partial charge in [0.15, 0.2) is 0 Å². The van der Waals surface area contributed by atoms with Gasteiger partial charge >= 0.3 is 31.3 Å². The van der Waals surface area contributed by atoms with Crippen molar-refractivity contribution in [1.29, 1.82) is 0 Å². The summed E-state index contributed by atoms with van der Waals surface area (Å²) in [5.41, 5.74) is 6.92. The Balaban J connectivity index is 0.000000251. The van der Waals surface area contributed by atoms with Crippen LogP contribution in [-0.4, -0.2) is 44.4 Å². The van der Waals surface area contributed by atoms with Gasteiger partial charge in [0, 0.05) is 24.8 Å². The predicted octanol–water partition coefficient (Wildman–Crippen LogP) is 9.01. The zero-order valence-corrected chi connectivity index (χ0v) is 24.9. The number of aromatic nitrogens is 6. The molecule has 47 heavy (non-hydrogen) atoms. The van der Waals surface area contributed by atoms with Crippen LogP contribution in [0.15, 0.2) is 134 Å². The van der Waals surface area contributed by atoms with Crippen LogP contribution < -0.4 is 0 Å². The molecule has 1 radical (unpaired) electrons. The van der Waals surface area contributed by atoms with E-state index in [9.17, 15) is 34.5 Å². The van der Waals surface area contributed by atoms with Crippen molar-refractivity contribution in [1.82, 2.24) is 29.9 Å². The van der Waals surface area contributed by atoms with E-state index in [2.05, 4.69) is 29.9 Å². The van der Waals surface area contributed by atoms with Crippen molar-refractivity contribution in [2.24, 2.45) is 0 Å². The standard InChI is InChI=1S/2C15H11N3.2BF4.Co/c2*1-3-10-16-12(6-1)14-8-5-9-15(18-14)13-7-2-4-11-17-13;2*2-1(3,4)5;/h2*1-11H;;;/q;;2*-1;+2. The number of halogens is 8. The molecule has 0 spiro atoms. The van der Waals surface area contributed by atoms with Gasteiger partial charge in [0.1, 0.15) is 0 Å². The summed E-state index contributed by atoms with van der Waals surface area (Å²) in [6.45, 7) is 0. The van der Waals surface area contributed by atoms with Crippen molar-refractivity contribution in [3.05, 3.63) is 134 Å².